The number of anilines is 1. The molecular weight excluding hydrogens is 305 g/mol. The van der Waals surface area contributed by atoms with Crippen LogP contribution in [0.4, 0.5) is 5.69 Å². The lowest BCUT2D eigenvalue weighted by atomic mass is 10.2. The van der Waals surface area contributed by atoms with Crippen LogP contribution in [-0.4, -0.2) is 8.42 Å². The molecule has 0 aliphatic rings. The molecular formula is C13H11Cl2NO2S. The summed E-state index contributed by atoms with van der Waals surface area (Å²) < 4.78 is 24.6. The fourth-order valence-corrected chi connectivity index (χ4v) is 3.85. The van der Waals surface area contributed by atoms with E-state index in [4.69, 9.17) is 28.9 Å². The lowest BCUT2D eigenvalue weighted by molar-refractivity contribution is 0.595. The van der Waals surface area contributed by atoms with Crippen LogP contribution in [0.25, 0.3) is 0 Å². The molecule has 19 heavy (non-hydrogen) atoms. The van der Waals surface area contributed by atoms with Gasteiger partial charge < -0.3 is 5.73 Å². The molecule has 0 spiro atoms. The molecule has 0 saturated carbocycles. The second-order valence-corrected chi connectivity index (χ2v) is 6.88. The molecule has 2 aromatic rings. The van der Waals surface area contributed by atoms with E-state index in [1.165, 1.54) is 18.2 Å². The Labute approximate surface area is 121 Å². The number of nitrogen functional groups attached to an aromatic ring is 1. The largest absolute Gasteiger partial charge is 0.399 e. The summed E-state index contributed by atoms with van der Waals surface area (Å²) in [4.78, 5) is 0.0725. The van der Waals surface area contributed by atoms with Crippen molar-refractivity contribution in [2.45, 2.75) is 10.6 Å². The molecule has 0 amide bonds. The van der Waals surface area contributed by atoms with Crippen LogP contribution >= 0.6 is 23.2 Å². The van der Waals surface area contributed by atoms with E-state index in [1.807, 2.05) is 0 Å². The molecule has 0 bridgehead atoms. The van der Waals surface area contributed by atoms with Crippen LogP contribution in [-0.2, 0) is 15.6 Å². The topological polar surface area (TPSA) is 60.2 Å². The molecule has 0 radical (unpaired) electrons. The number of hydrogen-bond donors (Lipinski definition) is 1. The van der Waals surface area contributed by atoms with Gasteiger partial charge in [-0.3, -0.25) is 0 Å². The van der Waals surface area contributed by atoms with E-state index >= 15 is 0 Å². The maximum Gasteiger partial charge on any atom is 0.183 e. The molecule has 0 aliphatic heterocycles. The van der Waals surface area contributed by atoms with E-state index < -0.39 is 9.84 Å². The highest BCUT2D eigenvalue weighted by Gasteiger charge is 2.19. The third-order valence-corrected chi connectivity index (χ3v) is 4.94. The van der Waals surface area contributed by atoms with Gasteiger partial charge in [0, 0.05) is 10.7 Å². The van der Waals surface area contributed by atoms with Gasteiger partial charge in [-0.2, -0.15) is 0 Å². The Kier molecular flexibility index (Phi) is 4.04. The summed E-state index contributed by atoms with van der Waals surface area (Å²) in [5.74, 6) is -0.156. The normalized spacial score (nSPS) is 11.5. The Morgan fingerprint density at radius 3 is 2.42 bits per heavy atom. The second-order valence-electron chi connectivity index (χ2n) is 4.08. The minimum absolute atomic E-state index is 0.0725. The van der Waals surface area contributed by atoms with Crippen LogP contribution in [0.15, 0.2) is 47.4 Å². The van der Waals surface area contributed by atoms with Crippen molar-refractivity contribution in [2.24, 2.45) is 0 Å². The molecule has 0 aromatic heterocycles. The number of nitrogens with two attached hydrogens (primary N) is 1. The smallest absolute Gasteiger partial charge is 0.183 e. The van der Waals surface area contributed by atoms with Crippen LogP contribution in [0, 0.1) is 0 Å². The van der Waals surface area contributed by atoms with E-state index in [9.17, 15) is 8.42 Å². The number of sulfone groups is 1. The number of hydrogen-bond acceptors (Lipinski definition) is 3. The summed E-state index contributed by atoms with van der Waals surface area (Å²) in [7, 11) is -3.52. The quantitative estimate of drug-likeness (QED) is 0.881. The molecule has 0 aliphatic carbocycles. The van der Waals surface area contributed by atoms with Crippen LogP contribution in [0.3, 0.4) is 0 Å². The van der Waals surface area contributed by atoms with Crippen molar-refractivity contribution < 1.29 is 8.42 Å². The zero-order valence-corrected chi connectivity index (χ0v) is 12.1. The summed E-state index contributed by atoms with van der Waals surface area (Å²) in [6.07, 6.45) is 0. The van der Waals surface area contributed by atoms with Gasteiger partial charge in [0.25, 0.3) is 0 Å². The zero-order chi connectivity index (χ0) is 14.0. The summed E-state index contributed by atoms with van der Waals surface area (Å²) in [5, 5.41) is 0.623. The van der Waals surface area contributed by atoms with E-state index in [1.54, 1.807) is 24.3 Å². The van der Waals surface area contributed by atoms with Gasteiger partial charge in [-0.15, -0.1) is 0 Å². The third-order valence-electron chi connectivity index (χ3n) is 2.54. The lowest BCUT2D eigenvalue weighted by Gasteiger charge is -2.07. The number of halogens is 2. The summed E-state index contributed by atoms with van der Waals surface area (Å²) in [5.41, 5.74) is 6.58. The van der Waals surface area contributed by atoms with Gasteiger partial charge in [-0.25, -0.2) is 8.42 Å². The number of benzene rings is 2. The van der Waals surface area contributed by atoms with E-state index in [0.29, 0.717) is 16.3 Å². The third kappa shape index (κ3) is 3.41. The minimum atomic E-state index is -3.52. The molecule has 3 nitrogen and oxygen atoms in total. The molecule has 0 unspecified atom stereocenters. The lowest BCUT2D eigenvalue weighted by Crippen LogP contribution is -2.06. The highest BCUT2D eigenvalue weighted by molar-refractivity contribution is 7.90. The summed E-state index contributed by atoms with van der Waals surface area (Å²) in [6, 6.07) is 11.1. The Morgan fingerprint density at radius 2 is 1.79 bits per heavy atom. The van der Waals surface area contributed by atoms with Crippen molar-refractivity contribution in [3.8, 4) is 0 Å². The molecule has 0 atom stereocenters. The fourth-order valence-electron chi connectivity index (χ4n) is 1.69. The van der Waals surface area contributed by atoms with E-state index in [-0.39, 0.29) is 15.7 Å². The van der Waals surface area contributed by atoms with Crippen molar-refractivity contribution in [1.82, 2.24) is 0 Å². The van der Waals surface area contributed by atoms with Gasteiger partial charge in [-0.1, -0.05) is 35.3 Å². The maximum absolute atomic E-state index is 12.3. The van der Waals surface area contributed by atoms with Gasteiger partial charge in [0.1, 0.15) is 0 Å². The monoisotopic (exact) mass is 315 g/mol. The highest BCUT2D eigenvalue weighted by atomic mass is 35.5. The van der Waals surface area contributed by atoms with Crippen LogP contribution < -0.4 is 5.73 Å². The standard InChI is InChI=1S/C13H11Cl2NO2S/c14-10-3-1-2-9(6-10)8-19(17,18)13-5-4-11(16)7-12(13)15/h1-7H,8,16H2. The first-order valence-electron chi connectivity index (χ1n) is 5.41. The van der Waals surface area contributed by atoms with Gasteiger partial charge in [0.05, 0.1) is 15.7 Å². The molecule has 2 N–H and O–H groups in total. The molecule has 0 heterocycles. The van der Waals surface area contributed by atoms with E-state index in [0.717, 1.165) is 0 Å². The second kappa shape index (κ2) is 5.41. The summed E-state index contributed by atoms with van der Waals surface area (Å²) in [6.45, 7) is 0. The minimum Gasteiger partial charge on any atom is -0.399 e. The first-order chi connectivity index (χ1) is 8.88. The SMILES string of the molecule is Nc1ccc(S(=O)(=O)Cc2cccc(Cl)c2)c(Cl)c1. The Hall–Kier alpha value is -1.23. The van der Waals surface area contributed by atoms with Crippen molar-refractivity contribution in [3.63, 3.8) is 0 Å². The molecule has 2 aromatic carbocycles. The predicted molar refractivity (Wildman–Crippen MR) is 78.2 cm³/mol. The highest BCUT2D eigenvalue weighted by Crippen LogP contribution is 2.27. The summed E-state index contributed by atoms with van der Waals surface area (Å²) >= 11 is 11.8. The first kappa shape index (κ1) is 14.2. The zero-order valence-electron chi connectivity index (χ0n) is 9.81. The van der Waals surface area contributed by atoms with Crippen molar-refractivity contribution >= 4 is 38.7 Å². The molecule has 100 valence electrons. The Balaban J connectivity index is 2.38. The average Bonchev–Trinajstić information content (AvgIpc) is 2.27. The first-order valence-corrected chi connectivity index (χ1v) is 7.81. The van der Waals surface area contributed by atoms with Crippen molar-refractivity contribution in [2.75, 3.05) is 5.73 Å². The van der Waals surface area contributed by atoms with Crippen LogP contribution in [0.2, 0.25) is 10.0 Å². The maximum atomic E-state index is 12.3. The fraction of sp³-hybridized carbons (Fsp3) is 0.0769. The van der Waals surface area contributed by atoms with Gasteiger partial charge in [0.15, 0.2) is 9.84 Å². The van der Waals surface area contributed by atoms with Crippen molar-refractivity contribution in [1.29, 1.82) is 0 Å². The predicted octanol–water partition coefficient (Wildman–Crippen LogP) is 3.55. The van der Waals surface area contributed by atoms with Crippen LogP contribution in [0.5, 0.6) is 0 Å². The van der Waals surface area contributed by atoms with E-state index in [2.05, 4.69) is 0 Å². The Bertz CT molecular complexity index is 714. The van der Waals surface area contributed by atoms with Gasteiger partial charge in [0.2, 0.25) is 0 Å². The molecule has 2 rings (SSSR count). The van der Waals surface area contributed by atoms with Gasteiger partial charge in [-0.05, 0) is 35.9 Å². The number of rotatable bonds is 3. The molecule has 0 fully saturated rings. The average molecular weight is 316 g/mol. The molecule has 6 heteroatoms. The Morgan fingerprint density at radius 1 is 1.05 bits per heavy atom. The van der Waals surface area contributed by atoms with Gasteiger partial charge >= 0.3 is 0 Å². The van der Waals surface area contributed by atoms with Crippen LogP contribution in [0.1, 0.15) is 5.56 Å². The molecule has 0 saturated heterocycles. The van der Waals surface area contributed by atoms with Crippen molar-refractivity contribution in [3.05, 3.63) is 58.1 Å².